The lowest BCUT2D eigenvalue weighted by molar-refractivity contribution is 0.0154. The molecular weight excluding hydrogens is 282 g/mol. The molecule has 0 saturated carbocycles. The number of carbonyl (C=O) groups excluding carboxylic acids is 1. The molecule has 124 valence electrons. The Morgan fingerprint density at radius 3 is 2.55 bits per heavy atom. The zero-order valence-electron chi connectivity index (χ0n) is 14.2. The van der Waals surface area contributed by atoms with Gasteiger partial charge in [0.2, 0.25) is 0 Å². The van der Waals surface area contributed by atoms with E-state index >= 15 is 0 Å². The van der Waals surface area contributed by atoms with Crippen LogP contribution in [0.5, 0.6) is 0 Å². The number of hydrogen-bond donors (Lipinski definition) is 3. The largest absolute Gasteiger partial charge is 0.392 e. The highest BCUT2D eigenvalue weighted by atomic mass is 16.3. The SMILES string of the molecule is Cc1cc(=O)n(C)cc1NC(=O)NCC(C)(C)C(O)C(C)C. The monoisotopic (exact) mass is 309 g/mol. The Balaban J connectivity index is 2.68. The topological polar surface area (TPSA) is 83.4 Å². The van der Waals surface area contributed by atoms with Crippen molar-refractivity contribution in [1.82, 2.24) is 9.88 Å². The molecule has 0 aliphatic carbocycles. The van der Waals surface area contributed by atoms with Crippen LogP contribution in [0.3, 0.4) is 0 Å². The highest BCUT2D eigenvalue weighted by Gasteiger charge is 2.30. The first-order valence-corrected chi connectivity index (χ1v) is 7.45. The fraction of sp³-hybridized carbons (Fsp3) is 0.625. The third-order valence-corrected chi connectivity index (χ3v) is 3.82. The smallest absolute Gasteiger partial charge is 0.319 e. The van der Waals surface area contributed by atoms with Gasteiger partial charge in [0.15, 0.2) is 0 Å². The minimum absolute atomic E-state index is 0.116. The van der Waals surface area contributed by atoms with Gasteiger partial charge in [-0.05, 0) is 18.4 Å². The molecule has 1 aromatic rings. The van der Waals surface area contributed by atoms with Crippen LogP contribution in [-0.4, -0.2) is 28.4 Å². The first kappa shape index (κ1) is 18.2. The maximum atomic E-state index is 12.0. The van der Waals surface area contributed by atoms with Gasteiger partial charge in [-0.25, -0.2) is 4.79 Å². The molecule has 3 N–H and O–H groups in total. The number of hydrogen-bond acceptors (Lipinski definition) is 3. The minimum Gasteiger partial charge on any atom is -0.392 e. The van der Waals surface area contributed by atoms with Crippen LogP contribution in [0.1, 0.15) is 33.3 Å². The van der Waals surface area contributed by atoms with Crippen molar-refractivity contribution in [1.29, 1.82) is 0 Å². The molecule has 0 radical (unpaired) electrons. The average molecular weight is 309 g/mol. The third kappa shape index (κ3) is 4.59. The van der Waals surface area contributed by atoms with Crippen molar-refractivity contribution in [2.45, 2.75) is 40.7 Å². The molecule has 6 nitrogen and oxygen atoms in total. The molecule has 0 fully saturated rings. The lowest BCUT2D eigenvalue weighted by Crippen LogP contribution is -2.44. The summed E-state index contributed by atoms with van der Waals surface area (Å²) in [6.07, 6.45) is 1.08. The second-order valence-electron chi connectivity index (χ2n) is 6.80. The summed E-state index contributed by atoms with van der Waals surface area (Å²) in [5, 5.41) is 15.7. The first-order chi connectivity index (χ1) is 10.0. The number of aryl methyl sites for hydroxylation is 2. The van der Waals surface area contributed by atoms with Crippen molar-refractivity contribution in [3.05, 3.63) is 28.2 Å². The van der Waals surface area contributed by atoms with Crippen molar-refractivity contribution in [3.63, 3.8) is 0 Å². The number of aliphatic hydroxyl groups is 1. The van der Waals surface area contributed by atoms with E-state index in [4.69, 9.17) is 0 Å². The molecule has 0 bridgehead atoms. The summed E-state index contributed by atoms with van der Waals surface area (Å²) in [5.41, 5.74) is 0.746. The maximum absolute atomic E-state index is 12.0. The van der Waals surface area contributed by atoms with Gasteiger partial charge in [0.05, 0.1) is 11.8 Å². The van der Waals surface area contributed by atoms with Crippen LogP contribution in [0.25, 0.3) is 0 Å². The number of carbonyl (C=O) groups is 1. The minimum atomic E-state index is -0.507. The quantitative estimate of drug-likeness (QED) is 0.776. The van der Waals surface area contributed by atoms with E-state index in [1.165, 1.54) is 10.6 Å². The number of rotatable bonds is 5. The van der Waals surface area contributed by atoms with E-state index < -0.39 is 11.5 Å². The van der Waals surface area contributed by atoms with Crippen molar-refractivity contribution in [2.24, 2.45) is 18.4 Å². The van der Waals surface area contributed by atoms with Gasteiger partial charge in [0.25, 0.3) is 5.56 Å². The fourth-order valence-electron chi connectivity index (χ4n) is 2.34. The van der Waals surface area contributed by atoms with Crippen LogP contribution in [0, 0.1) is 18.3 Å². The van der Waals surface area contributed by atoms with E-state index in [2.05, 4.69) is 10.6 Å². The number of pyridine rings is 1. The lowest BCUT2D eigenvalue weighted by atomic mass is 9.81. The summed E-state index contributed by atoms with van der Waals surface area (Å²) in [6.45, 7) is 9.83. The van der Waals surface area contributed by atoms with Crippen LogP contribution in [0.15, 0.2) is 17.1 Å². The lowest BCUT2D eigenvalue weighted by Gasteiger charge is -2.33. The molecule has 2 amide bonds. The summed E-state index contributed by atoms with van der Waals surface area (Å²) in [4.78, 5) is 23.5. The van der Waals surface area contributed by atoms with Gasteiger partial charge in [-0.3, -0.25) is 4.79 Å². The standard InChI is InChI=1S/C16H27N3O3/c1-10(2)14(21)16(4,5)9-17-15(22)18-12-8-19(6)13(20)7-11(12)3/h7-8,10,14,21H,9H2,1-6H3,(H2,17,18,22). The molecule has 0 aromatic carbocycles. The molecule has 6 heteroatoms. The Hall–Kier alpha value is -1.82. The highest BCUT2D eigenvalue weighted by molar-refractivity contribution is 5.89. The Morgan fingerprint density at radius 1 is 1.41 bits per heavy atom. The van der Waals surface area contributed by atoms with E-state index in [9.17, 15) is 14.7 Å². The molecule has 0 aliphatic rings. The van der Waals surface area contributed by atoms with Gasteiger partial charge in [-0.2, -0.15) is 0 Å². The van der Waals surface area contributed by atoms with Gasteiger partial charge in [0.1, 0.15) is 0 Å². The number of anilines is 1. The van der Waals surface area contributed by atoms with Crippen LogP contribution < -0.4 is 16.2 Å². The van der Waals surface area contributed by atoms with Crippen molar-refractivity contribution in [3.8, 4) is 0 Å². The molecule has 22 heavy (non-hydrogen) atoms. The Kier molecular flexibility index (Phi) is 5.77. The third-order valence-electron chi connectivity index (χ3n) is 3.82. The van der Waals surface area contributed by atoms with E-state index in [1.807, 2.05) is 27.7 Å². The zero-order chi connectivity index (χ0) is 17.1. The maximum Gasteiger partial charge on any atom is 0.319 e. The molecule has 1 heterocycles. The fourth-order valence-corrected chi connectivity index (χ4v) is 2.34. The van der Waals surface area contributed by atoms with Crippen LogP contribution in [0.2, 0.25) is 0 Å². The van der Waals surface area contributed by atoms with Gasteiger partial charge in [0, 0.05) is 31.3 Å². The number of nitrogens with zero attached hydrogens (tertiary/aromatic N) is 1. The zero-order valence-corrected chi connectivity index (χ0v) is 14.2. The van der Waals surface area contributed by atoms with E-state index in [0.717, 1.165) is 0 Å². The Morgan fingerprint density at radius 2 is 2.00 bits per heavy atom. The number of urea groups is 1. The predicted molar refractivity (Wildman–Crippen MR) is 88.1 cm³/mol. The van der Waals surface area contributed by atoms with Gasteiger partial charge < -0.3 is 20.3 Å². The Bertz CT molecular complexity index is 591. The Labute approximate surface area is 131 Å². The molecule has 0 spiro atoms. The molecule has 1 rings (SSSR count). The first-order valence-electron chi connectivity index (χ1n) is 7.45. The highest BCUT2D eigenvalue weighted by Crippen LogP contribution is 2.25. The second kappa shape index (κ2) is 6.96. The summed E-state index contributed by atoms with van der Waals surface area (Å²) < 4.78 is 1.41. The van der Waals surface area contributed by atoms with E-state index in [-0.39, 0.29) is 17.5 Å². The summed E-state index contributed by atoms with van der Waals surface area (Å²) in [7, 11) is 1.63. The molecule has 0 saturated heterocycles. The summed E-state index contributed by atoms with van der Waals surface area (Å²) >= 11 is 0. The van der Waals surface area contributed by atoms with Gasteiger partial charge in [-0.15, -0.1) is 0 Å². The van der Waals surface area contributed by atoms with Crippen LogP contribution in [-0.2, 0) is 7.05 Å². The van der Waals surface area contributed by atoms with Gasteiger partial charge >= 0.3 is 6.03 Å². The van der Waals surface area contributed by atoms with E-state index in [0.29, 0.717) is 17.8 Å². The average Bonchev–Trinajstić information content (AvgIpc) is 2.41. The molecule has 0 aliphatic heterocycles. The number of amides is 2. The van der Waals surface area contributed by atoms with Gasteiger partial charge in [-0.1, -0.05) is 27.7 Å². The molecular formula is C16H27N3O3. The normalized spacial score (nSPS) is 13.1. The van der Waals surface area contributed by atoms with Crippen molar-refractivity contribution < 1.29 is 9.90 Å². The number of aromatic nitrogens is 1. The number of nitrogens with one attached hydrogen (secondary N) is 2. The summed E-state index contributed by atoms with van der Waals surface area (Å²) in [5.74, 6) is 0.116. The molecule has 1 atom stereocenters. The predicted octanol–water partition coefficient (Wildman–Crippen LogP) is 1.86. The molecule has 1 unspecified atom stereocenters. The molecule has 1 aromatic heterocycles. The van der Waals surface area contributed by atoms with Crippen LogP contribution >= 0.6 is 0 Å². The van der Waals surface area contributed by atoms with Crippen molar-refractivity contribution in [2.75, 3.05) is 11.9 Å². The van der Waals surface area contributed by atoms with E-state index in [1.54, 1.807) is 20.2 Å². The van der Waals surface area contributed by atoms with Crippen molar-refractivity contribution >= 4 is 11.7 Å². The number of aliphatic hydroxyl groups excluding tert-OH is 1. The summed E-state index contributed by atoms with van der Waals surface area (Å²) in [6, 6.07) is 1.12. The van der Waals surface area contributed by atoms with Crippen LogP contribution in [0.4, 0.5) is 10.5 Å². The second-order valence-corrected chi connectivity index (χ2v) is 6.80.